The molecule has 0 saturated carbocycles. The second kappa shape index (κ2) is 11.0. The highest BCUT2D eigenvalue weighted by Gasteiger charge is 2.29. The summed E-state index contributed by atoms with van der Waals surface area (Å²) in [5, 5.41) is -0.106. The summed E-state index contributed by atoms with van der Waals surface area (Å²) in [6.45, 7) is 5.92. The van der Waals surface area contributed by atoms with Gasteiger partial charge in [-0.2, -0.15) is 0 Å². The molecule has 3 heterocycles. The van der Waals surface area contributed by atoms with Crippen LogP contribution >= 0.6 is 11.6 Å². The number of fused-ring (bicyclic) bond motifs is 1. The minimum Gasteiger partial charge on any atom is -0.404 e. The number of aryl methyl sites for hydroxylation is 1. The Morgan fingerprint density at radius 2 is 2.03 bits per heavy atom. The van der Waals surface area contributed by atoms with Crippen molar-refractivity contribution < 1.29 is 17.9 Å². The van der Waals surface area contributed by atoms with E-state index in [-0.39, 0.29) is 45.7 Å². The van der Waals surface area contributed by atoms with Gasteiger partial charge < -0.3 is 10.5 Å². The number of ether oxygens (including phenoxy) is 1. The summed E-state index contributed by atoms with van der Waals surface area (Å²) in [5.74, 6) is -3.85. The van der Waals surface area contributed by atoms with E-state index in [1.54, 1.807) is 6.21 Å². The molecule has 1 aromatic carbocycles. The van der Waals surface area contributed by atoms with E-state index in [2.05, 4.69) is 15.0 Å². The van der Waals surface area contributed by atoms with Crippen LogP contribution in [0.2, 0.25) is 5.02 Å². The first kappa shape index (κ1) is 26.8. The lowest BCUT2D eigenvalue weighted by Gasteiger charge is -2.30. The maximum absolute atomic E-state index is 14.8. The lowest BCUT2D eigenvalue weighted by molar-refractivity contribution is 0.0320. The summed E-state index contributed by atoms with van der Waals surface area (Å²) in [4.78, 5) is 26.5. The van der Waals surface area contributed by atoms with E-state index in [1.807, 2.05) is 13.8 Å². The van der Waals surface area contributed by atoms with E-state index in [0.29, 0.717) is 42.8 Å². The summed E-state index contributed by atoms with van der Waals surface area (Å²) in [5.41, 5.74) is 6.18. The van der Waals surface area contributed by atoms with Crippen molar-refractivity contribution in [3.63, 3.8) is 0 Å². The molecular weight excluding hydrogens is 507 g/mol. The highest BCUT2D eigenvalue weighted by atomic mass is 35.5. The summed E-state index contributed by atoms with van der Waals surface area (Å²) < 4.78 is 49.7. The lowest BCUT2D eigenvalue weighted by Crippen LogP contribution is -2.29. The number of nitrogens with two attached hydrogens (primary N) is 1. The molecule has 1 fully saturated rings. The number of nitrogens with zero attached hydrogens (tertiary/aromatic N) is 4. The van der Waals surface area contributed by atoms with Crippen LogP contribution in [0.4, 0.5) is 13.2 Å². The fourth-order valence-electron chi connectivity index (χ4n) is 4.18. The zero-order valence-corrected chi connectivity index (χ0v) is 21.4. The second-order valence-electron chi connectivity index (χ2n) is 9.05. The molecular formula is C26H27ClF3N5O2. The van der Waals surface area contributed by atoms with Crippen molar-refractivity contribution in [1.82, 2.24) is 14.4 Å². The van der Waals surface area contributed by atoms with Gasteiger partial charge in [-0.25, -0.2) is 23.1 Å². The van der Waals surface area contributed by atoms with Crippen molar-refractivity contribution in [2.24, 2.45) is 10.7 Å². The molecule has 7 nitrogen and oxygen atoms in total. The summed E-state index contributed by atoms with van der Waals surface area (Å²) in [6, 6.07) is 1.27. The van der Waals surface area contributed by atoms with Crippen LogP contribution < -0.4 is 11.3 Å². The monoisotopic (exact) mass is 533 g/mol. The van der Waals surface area contributed by atoms with E-state index in [1.165, 1.54) is 23.7 Å². The summed E-state index contributed by atoms with van der Waals surface area (Å²) in [6.07, 6.45) is 6.15. The smallest absolute Gasteiger partial charge is 0.277 e. The van der Waals surface area contributed by atoms with Gasteiger partial charge in [0.2, 0.25) is 0 Å². The normalized spacial score (nSPS) is 19.6. The minimum absolute atomic E-state index is 0.0209. The zero-order valence-electron chi connectivity index (χ0n) is 20.6. The quantitative estimate of drug-likeness (QED) is 0.351. The predicted octanol–water partition coefficient (Wildman–Crippen LogP) is 5.11. The van der Waals surface area contributed by atoms with E-state index in [0.717, 1.165) is 6.42 Å². The number of aliphatic imine (C=N–C) groups is 1. The third-order valence-electron chi connectivity index (χ3n) is 6.54. The van der Waals surface area contributed by atoms with Gasteiger partial charge in [0.25, 0.3) is 5.56 Å². The van der Waals surface area contributed by atoms with Crippen LogP contribution in [-0.4, -0.2) is 39.3 Å². The predicted molar refractivity (Wildman–Crippen MR) is 137 cm³/mol. The van der Waals surface area contributed by atoms with Crippen molar-refractivity contribution in [1.29, 1.82) is 0 Å². The molecule has 0 aliphatic carbocycles. The van der Waals surface area contributed by atoms with Crippen LogP contribution in [0.25, 0.3) is 16.9 Å². The fourth-order valence-corrected chi connectivity index (χ4v) is 4.31. The van der Waals surface area contributed by atoms with Crippen molar-refractivity contribution in [3.8, 4) is 11.3 Å². The van der Waals surface area contributed by atoms with Gasteiger partial charge in [0.15, 0.2) is 17.3 Å². The maximum atomic E-state index is 14.8. The molecule has 0 spiro atoms. The van der Waals surface area contributed by atoms with Gasteiger partial charge in [-0.3, -0.25) is 14.2 Å². The van der Waals surface area contributed by atoms with Crippen LogP contribution in [0.5, 0.6) is 0 Å². The minimum atomic E-state index is -1.33. The topological polar surface area (TPSA) is 94.9 Å². The van der Waals surface area contributed by atoms with E-state index in [4.69, 9.17) is 22.1 Å². The van der Waals surface area contributed by atoms with E-state index < -0.39 is 23.0 Å². The molecule has 196 valence electrons. The number of benzene rings is 1. The SMILES string of the molecule is CCC(C)N=C/C(=C\N)[C@@H]1C[C@H](c2cn3c(=O)c(Cl)c(C)nc3c(-c3cc(F)c(F)cc3F)n2)CCO1. The van der Waals surface area contributed by atoms with Crippen molar-refractivity contribution in [2.75, 3.05) is 6.61 Å². The molecule has 4 rings (SSSR count). The van der Waals surface area contributed by atoms with Gasteiger partial charge in [0.1, 0.15) is 16.5 Å². The number of rotatable bonds is 6. The molecule has 37 heavy (non-hydrogen) atoms. The molecule has 2 N–H and O–H groups in total. The number of hydrogen-bond acceptors (Lipinski definition) is 6. The Kier molecular flexibility index (Phi) is 7.99. The highest BCUT2D eigenvalue weighted by Crippen LogP contribution is 2.34. The first-order valence-corrected chi connectivity index (χ1v) is 12.3. The first-order valence-electron chi connectivity index (χ1n) is 11.9. The maximum Gasteiger partial charge on any atom is 0.277 e. The second-order valence-corrected chi connectivity index (χ2v) is 9.43. The van der Waals surface area contributed by atoms with Crippen LogP contribution in [0, 0.1) is 24.4 Å². The average Bonchev–Trinajstić information content (AvgIpc) is 2.89. The van der Waals surface area contributed by atoms with Crippen LogP contribution in [0.1, 0.15) is 50.4 Å². The summed E-state index contributed by atoms with van der Waals surface area (Å²) >= 11 is 6.17. The Morgan fingerprint density at radius 3 is 2.73 bits per heavy atom. The molecule has 3 aromatic rings. The molecule has 0 bridgehead atoms. The van der Waals surface area contributed by atoms with Crippen molar-refractivity contribution in [3.05, 3.63) is 74.3 Å². The Hall–Kier alpha value is -3.24. The highest BCUT2D eigenvalue weighted by molar-refractivity contribution is 6.31. The molecule has 3 atom stereocenters. The number of halogens is 4. The Labute approximate surface area is 216 Å². The number of aromatic nitrogens is 3. The average molecular weight is 534 g/mol. The molecule has 11 heteroatoms. The first-order chi connectivity index (χ1) is 17.6. The van der Waals surface area contributed by atoms with Gasteiger partial charge >= 0.3 is 0 Å². The standard InChI is InChI=1S/C26H27ClF3N5O2/c1-4-13(2)32-11-16(10-31)22-7-15(5-6-37-22)21-12-35-25(33-14(3)23(27)26(35)36)24(34-21)17-8-19(29)20(30)9-18(17)28/h8-13,15,22H,4-7,31H2,1-3H3/b16-10+,32-11?/t13?,15-,22+/m1/s1. The largest absolute Gasteiger partial charge is 0.404 e. The Morgan fingerprint density at radius 1 is 1.30 bits per heavy atom. The van der Waals surface area contributed by atoms with Crippen LogP contribution in [0.3, 0.4) is 0 Å². The molecule has 1 unspecified atom stereocenters. The fraction of sp³-hybridized carbons (Fsp3) is 0.385. The Balaban J connectivity index is 1.84. The van der Waals surface area contributed by atoms with Gasteiger partial charge in [0.05, 0.1) is 17.5 Å². The molecule has 1 aliphatic heterocycles. The zero-order chi connectivity index (χ0) is 26.9. The van der Waals surface area contributed by atoms with Crippen LogP contribution in [0.15, 0.2) is 39.9 Å². The van der Waals surface area contributed by atoms with E-state index in [9.17, 15) is 18.0 Å². The van der Waals surface area contributed by atoms with Crippen molar-refractivity contribution in [2.45, 2.75) is 58.1 Å². The third-order valence-corrected chi connectivity index (χ3v) is 6.98. The Bertz CT molecular complexity index is 1460. The van der Waals surface area contributed by atoms with Gasteiger partial charge in [-0.15, -0.1) is 0 Å². The lowest BCUT2D eigenvalue weighted by atomic mass is 9.89. The summed E-state index contributed by atoms with van der Waals surface area (Å²) in [7, 11) is 0. The van der Waals surface area contributed by atoms with Crippen molar-refractivity contribution >= 4 is 23.5 Å². The van der Waals surface area contributed by atoms with Gasteiger partial charge in [-0.05, 0) is 39.2 Å². The molecule has 2 aromatic heterocycles. The third kappa shape index (κ3) is 5.40. The molecule has 0 amide bonds. The molecule has 0 radical (unpaired) electrons. The van der Waals surface area contributed by atoms with Gasteiger partial charge in [-0.1, -0.05) is 18.5 Å². The van der Waals surface area contributed by atoms with E-state index >= 15 is 0 Å². The van der Waals surface area contributed by atoms with Crippen LogP contribution in [-0.2, 0) is 4.74 Å². The molecule has 1 saturated heterocycles. The number of hydrogen-bond donors (Lipinski definition) is 1. The molecule has 1 aliphatic rings. The van der Waals surface area contributed by atoms with Gasteiger partial charge in [0, 0.05) is 54.4 Å².